The molecule has 3 saturated carbocycles. The van der Waals surface area contributed by atoms with E-state index >= 15 is 0 Å². The number of aromatic nitrogens is 1. The van der Waals surface area contributed by atoms with Crippen LogP contribution in [-0.2, 0) is 19.1 Å². The number of carbonyl (C=O) groups is 2. The van der Waals surface area contributed by atoms with Gasteiger partial charge in [0.15, 0.2) is 24.3 Å². The summed E-state index contributed by atoms with van der Waals surface area (Å²) in [5.74, 6) is 0.613. The summed E-state index contributed by atoms with van der Waals surface area (Å²) in [5.41, 5.74) is -1.02. The van der Waals surface area contributed by atoms with Gasteiger partial charge in [0, 0.05) is 29.0 Å². The highest BCUT2D eigenvalue weighted by Crippen LogP contribution is 2.69. The van der Waals surface area contributed by atoms with E-state index in [1.807, 2.05) is 12.1 Å². The molecule has 4 fully saturated rings. The number of fused-ring (bicyclic) bond motifs is 7. The van der Waals surface area contributed by atoms with Gasteiger partial charge >= 0.3 is 0 Å². The molecular formula is C30H37NO6. The van der Waals surface area contributed by atoms with Crippen LogP contribution in [0.4, 0.5) is 0 Å². The Hall–Kier alpha value is -2.35. The molecule has 0 amide bonds. The number of hydrogen-bond donors (Lipinski definition) is 1. The van der Waals surface area contributed by atoms with Crippen LogP contribution in [0.5, 0.6) is 5.88 Å². The summed E-state index contributed by atoms with van der Waals surface area (Å²) in [6.45, 7) is 6.21. The Morgan fingerprint density at radius 1 is 1.30 bits per heavy atom. The summed E-state index contributed by atoms with van der Waals surface area (Å²) in [4.78, 5) is 30.4. The van der Waals surface area contributed by atoms with Crippen LogP contribution < -0.4 is 4.74 Å². The molecule has 0 aromatic carbocycles. The monoisotopic (exact) mass is 507 g/mol. The lowest BCUT2D eigenvalue weighted by Crippen LogP contribution is -2.63. The average Bonchev–Trinajstić information content (AvgIpc) is 3.35. The third kappa shape index (κ3) is 3.53. The first-order chi connectivity index (χ1) is 17.7. The van der Waals surface area contributed by atoms with E-state index < -0.39 is 23.4 Å². The molecule has 7 nitrogen and oxygen atoms in total. The van der Waals surface area contributed by atoms with Crippen LogP contribution in [0.15, 0.2) is 48.2 Å². The number of Topliss-reactive ketones (excluding diaryl/α,β-unsaturated/α-hetero) is 1. The molecule has 1 N–H and O–H groups in total. The molecule has 1 aromatic rings. The lowest BCUT2D eigenvalue weighted by molar-refractivity contribution is -0.200. The molecule has 6 unspecified atom stereocenters. The fourth-order valence-electron chi connectivity index (χ4n) is 8.68. The van der Waals surface area contributed by atoms with Gasteiger partial charge in [-0.2, -0.15) is 0 Å². The summed E-state index contributed by atoms with van der Waals surface area (Å²) in [5, 5.41) is 11.8. The van der Waals surface area contributed by atoms with Gasteiger partial charge in [0.2, 0.25) is 11.7 Å². The Balaban J connectivity index is 1.35. The smallest absolute Gasteiger partial charge is 0.213 e. The molecule has 1 saturated heterocycles. The summed E-state index contributed by atoms with van der Waals surface area (Å²) in [6.07, 6.45) is 10.1. The maximum Gasteiger partial charge on any atom is 0.213 e. The molecule has 198 valence electrons. The van der Waals surface area contributed by atoms with E-state index in [0.29, 0.717) is 18.7 Å². The molecule has 2 heterocycles. The van der Waals surface area contributed by atoms with E-state index in [-0.39, 0.29) is 47.4 Å². The molecule has 5 aliphatic rings. The first-order valence-corrected chi connectivity index (χ1v) is 13.8. The zero-order valence-electron chi connectivity index (χ0n) is 21.9. The van der Waals surface area contributed by atoms with Crippen LogP contribution in [0.2, 0.25) is 0 Å². The second-order valence-electron chi connectivity index (χ2n) is 12.0. The van der Waals surface area contributed by atoms with Crippen molar-refractivity contribution in [1.82, 2.24) is 4.98 Å². The van der Waals surface area contributed by atoms with Gasteiger partial charge < -0.3 is 19.3 Å². The van der Waals surface area contributed by atoms with E-state index in [9.17, 15) is 14.7 Å². The van der Waals surface area contributed by atoms with Gasteiger partial charge in [0.05, 0.1) is 12.2 Å². The molecular weight excluding hydrogens is 470 g/mol. The van der Waals surface area contributed by atoms with Gasteiger partial charge in [-0.05, 0) is 62.2 Å². The minimum Gasteiger partial charge on any atom is -0.470 e. The van der Waals surface area contributed by atoms with Crippen LogP contribution >= 0.6 is 0 Å². The Kier molecular flexibility index (Phi) is 5.97. The van der Waals surface area contributed by atoms with Gasteiger partial charge in [-0.15, -0.1) is 0 Å². The molecule has 7 heteroatoms. The van der Waals surface area contributed by atoms with Crippen molar-refractivity contribution in [1.29, 1.82) is 0 Å². The zero-order chi connectivity index (χ0) is 26.0. The van der Waals surface area contributed by atoms with Crippen molar-refractivity contribution < 1.29 is 28.9 Å². The highest BCUT2D eigenvalue weighted by Gasteiger charge is 2.75. The Bertz CT molecular complexity index is 1150. The molecule has 0 bridgehead atoms. The number of pyridine rings is 1. The summed E-state index contributed by atoms with van der Waals surface area (Å²) in [7, 11) is 0. The summed E-state index contributed by atoms with van der Waals surface area (Å²) in [6, 6.07) is 5.36. The molecule has 1 aliphatic heterocycles. The Morgan fingerprint density at radius 3 is 2.89 bits per heavy atom. The van der Waals surface area contributed by atoms with Crippen molar-refractivity contribution >= 4 is 11.6 Å². The lowest BCUT2D eigenvalue weighted by atomic mass is 9.46. The zero-order valence-corrected chi connectivity index (χ0v) is 21.9. The van der Waals surface area contributed by atoms with Crippen LogP contribution in [0.25, 0.3) is 0 Å². The van der Waals surface area contributed by atoms with Crippen molar-refractivity contribution in [2.75, 3.05) is 6.61 Å². The highest BCUT2D eigenvalue weighted by atomic mass is 16.7. The van der Waals surface area contributed by atoms with E-state index in [2.05, 4.69) is 25.8 Å². The first-order valence-electron chi connectivity index (χ1n) is 13.8. The van der Waals surface area contributed by atoms with Crippen molar-refractivity contribution in [3.05, 3.63) is 48.2 Å². The van der Waals surface area contributed by atoms with Gasteiger partial charge in [-0.3, -0.25) is 9.59 Å². The number of carbonyl (C=O) groups excluding carboxylic acids is 2. The van der Waals surface area contributed by atoms with Crippen molar-refractivity contribution in [3.63, 3.8) is 0 Å². The third-order valence-corrected chi connectivity index (χ3v) is 10.2. The topological polar surface area (TPSA) is 95.0 Å². The maximum absolute atomic E-state index is 14.1. The average molecular weight is 508 g/mol. The minimum atomic E-state index is -1.17. The van der Waals surface area contributed by atoms with Gasteiger partial charge in [0.25, 0.3) is 0 Å². The number of nitrogens with zero attached hydrogens (tertiary/aromatic N) is 1. The Morgan fingerprint density at radius 2 is 2.14 bits per heavy atom. The fraction of sp³-hybridized carbons (Fsp3) is 0.633. The third-order valence-electron chi connectivity index (χ3n) is 10.2. The number of aliphatic hydroxyl groups is 1. The normalized spacial score (nSPS) is 43.9. The molecule has 0 radical (unpaired) electrons. The van der Waals surface area contributed by atoms with Crippen molar-refractivity contribution in [3.8, 4) is 5.88 Å². The molecule has 4 aliphatic carbocycles. The standard InChI is InChI=1S/C30H37NO6/c1-4-7-26-36-24-15-21-20-10-9-18-14-19(32)11-12-28(18,2)27(20)22(33)16-29(21,3)30(24,37-26)23(34)17-35-25-8-5-6-13-31-25/h5-6,8,11-14,20-22,24,26-27,33H,4,7,9-10,15-17H2,1-3H3/t20?,21?,22?,24-,26-,27?,28?,29?,30-/m1/s1. The van der Waals surface area contributed by atoms with Gasteiger partial charge in [0.1, 0.15) is 0 Å². The number of aliphatic hydroxyl groups excluding tert-OH is 1. The van der Waals surface area contributed by atoms with E-state index in [1.54, 1.807) is 30.5 Å². The van der Waals surface area contributed by atoms with Crippen molar-refractivity contribution in [2.24, 2.45) is 28.6 Å². The second-order valence-corrected chi connectivity index (χ2v) is 12.0. The summed E-state index contributed by atoms with van der Waals surface area (Å²) < 4.78 is 18.9. The molecule has 6 rings (SSSR count). The summed E-state index contributed by atoms with van der Waals surface area (Å²) >= 11 is 0. The van der Waals surface area contributed by atoms with Crippen LogP contribution in [-0.4, -0.2) is 52.4 Å². The molecule has 0 spiro atoms. The fourth-order valence-corrected chi connectivity index (χ4v) is 8.68. The number of rotatable bonds is 6. The molecule has 1 aromatic heterocycles. The number of ether oxygens (including phenoxy) is 3. The number of allylic oxidation sites excluding steroid dienone is 4. The number of ketones is 2. The van der Waals surface area contributed by atoms with E-state index in [0.717, 1.165) is 31.3 Å². The molecule has 9 atom stereocenters. The van der Waals surface area contributed by atoms with E-state index in [4.69, 9.17) is 14.2 Å². The van der Waals surface area contributed by atoms with Crippen LogP contribution in [0.1, 0.15) is 59.3 Å². The van der Waals surface area contributed by atoms with Crippen LogP contribution in [0.3, 0.4) is 0 Å². The largest absolute Gasteiger partial charge is 0.470 e. The van der Waals surface area contributed by atoms with Crippen LogP contribution in [0, 0.1) is 28.6 Å². The van der Waals surface area contributed by atoms with Gasteiger partial charge in [-0.25, -0.2) is 4.98 Å². The Labute approximate surface area is 218 Å². The second kappa shape index (κ2) is 8.85. The quantitative estimate of drug-likeness (QED) is 0.617. The maximum atomic E-state index is 14.1. The minimum absolute atomic E-state index is 0.0166. The highest BCUT2D eigenvalue weighted by molar-refractivity contribution is 6.01. The predicted octanol–water partition coefficient (Wildman–Crippen LogP) is 4.20. The van der Waals surface area contributed by atoms with E-state index in [1.165, 1.54) is 0 Å². The first kappa shape index (κ1) is 25.0. The van der Waals surface area contributed by atoms with Gasteiger partial charge in [-0.1, -0.05) is 44.9 Å². The van der Waals surface area contributed by atoms with Crippen molar-refractivity contribution in [2.45, 2.75) is 83.4 Å². The molecule has 37 heavy (non-hydrogen) atoms. The lowest BCUT2D eigenvalue weighted by Gasteiger charge is -2.59. The SMILES string of the molecule is CCC[C@@H]1O[C@@H]2CC3C4CCC5=CC(=O)C=CC5(C)C4C(O)CC3(C)[C@]2(C(=O)COc2ccccn2)O1. The number of hydrogen-bond acceptors (Lipinski definition) is 7. The predicted molar refractivity (Wildman–Crippen MR) is 136 cm³/mol.